The van der Waals surface area contributed by atoms with Crippen molar-refractivity contribution in [2.45, 2.75) is 24.9 Å². The number of hydrogen-bond donors (Lipinski definition) is 2. The lowest BCUT2D eigenvalue weighted by Gasteiger charge is -2.26. The molecule has 1 unspecified atom stereocenters. The van der Waals surface area contributed by atoms with Gasteiger partial charge in [0.1, 0.15) is 0 Å². The van der Waals surface area contributed by atoms with Crippen LogP contribution in [0.3, 0.4) is 0 Å². The van der Waals surface area contributed by atoms with Crippen LogP contribution in [0.15, 0.2) is 17.5 Å². The summed E-state index contributed by atoms with van der Waals surface area (Å²) in [6.45, 7) is 0.974. The molecule has 1 heterocycles. The van der Waals surface area contributed by atoms with Gasteiger partial charge in [0.15, 0.2) is 0 Å². The summed E-state index contributed by atoms with van der Waals surface area (Å²) in [4.78, 5) is 1.19. The molecule has 15 heavy (non-hydrogen) atoms. The highest BCUT2D eigenvalue weighted by atomic mass is 32.1. The molecule has 1 aromatic rings. The molecule has 3 nitrogen and oxygen atoms in total. The van der Waals surface area contributed by atoms with E-state index < -0.39 is 5.60 Å². The maximum absolute atomic E-state index is 10.3. The van der Waals surface area contributed by atoms with Crippen molar-refractivity contribution < 1.29 is 9.84 Å². The lowest BCUT2D eigenvalue weighted by Crippen LogP contribution is -2.37. The van der Waals surface area contributed by atoms with E-state index in [1.165, 1.54) is 4.88 Å². The van der Waals surface area contributed by atoms with Crippen molar-refractivity contribution in [1.82, 2.24) is 0 Å². The van der Waals surface area contributed by atoms with E-state index in [0.717, 1.165) is 6.42 Å². The summed E-state index contributed by atoms with van der Waals surface area (Å²) in [7, 11) is 1.61. The third-order valence-corrected chi connectivity index (χ3v) is 3.22. The van der Waals surface area contributed by atoms with Gasteiger partial charge in [-0.15, -0.1) is 11.3 Å². The van der Waals surface area contributed by atoms with Gasteiger partial charge in [0.25, 0.3) is 0 Å². The SMILES string of the molecule is COCC(O)(CCCN)Cc1cccs1. The van der Waals surface area contributed by atoms with Gasteiger partial charge in [0.05, 0.1) is 12.2 Å². The first kappa shape index (κ1) is 12.6. The smallest absolute Gasteiger partial charge is 0.0928 e. The molecule has 0 amide bonds. The fraction of sp³-hybridized carbons (Fsp3) is 0.636. The van der Waals surface area contributed by atoms with E-state index in [9.17, 15) is 5.11 Å². The van der Waals surface area contributed by atoms with Crippen LogP contribution in [0.1, 0.15) is 17.7 Å². The minimum Gasteiger partial charge on any atom is -0.387 e. The van der Waals surface area contributed by atoms with Gasteiger partial charge in [-0.3, -0.25) is 0 Å². The Hall–Kier alpha value is -0.420. The lowest BCUT2D eigenvalue weighted by atomic mass is 9.94. The zero-order valence-electron chi connectivity index (χ0n) is 9.11. The summed E-state index contributed by atoms with van der Waals surface area (Å²) in [5.74, 6) is 0. The molecule has 0 aliphatic rings. The van der Waals surface area contributed by atoms with Gasteiger partial charge in [-0.05, 0) is 30.8 Å². The summed E-state index contributed by atoms with van der Waals surface area (Å²) in [6, 6.07) is 4.03. The van der Waals surface area contributed by atoms with Crippen LogP contribution in [0, 0.1) is 0 Å². The fourth-order valence-electron chi connectivity index (χ4n) is 1.65. The zero-order chi connectivity index (χ0) is 11.1. The Labute approximate surface area is 94.9 Å². The number of thiophene rings is 1. The van der Waals surface area contributed by atoms with E-state index in [1.807, 2.05) is 17.5 Å². The van der Waals surface area contributed by atoms with Crippen LogP contribution in [-0.4, -0.2) is 31.0 Å². The van der Waals surface area contributed by atoms with Crippen LogP contribution in [-0.2, 0) is 11.2 Å². The molecule has 0 saturated heterocycles. The minimum absolute atomic E-state index is 0.366. The Bertz CT molecular complexity index is 264. The van der Waals surface area contributed by atoms with Crippen molar-refractivity contribution in [3.8, 4) is 0 Å². The Morgan fingerprint density at radius 2 is 2.40 bits per heavy atom. The molecule has 0 aliphatic heterocycles. The summed E-state index contributed by atoms with van der Waals surface area (Å²) in [6.07, 6.45) is 2.17. The molecule has 86 valence electrons. The summed E-state index contributed by atoms with van der Waals surface area (Å²) >= 11 is 1.66. The molecule has 1 rings (SSSR count). The number of rotatable bonds is 7. The maximum atomic E-state index is 10.3. The van der Waals surface area contributed by atoms with Gasteiger partial charge in [0, 0.05) is 18.4 Å². The number of nitrogens with two attached hydrogens (primary N) is 1. The maximum Gasteiger partial charge on any atom is 0.0928 e. The normalized spacial score (nSPS) is 15.1. The summed E-state index contributed by atoms with van der Waals surface area (Å²) in [5, 5.41) is 12.4. The van der Waals surface area contributed by atoms with Gasteiger partial charge >= 0.3 is 0 Å². The first-order valence-corrected chi connectivity index (χ1v) is 6.02. The molecule has 0 aliphatic carbocycles. The fourth-order valence-corrected chi connectivity index (χ4v) is 2.49. The third kappa shape index (κ3) is 4.30. The van der Waals surface area contributed by atoms with Gasteiger partial charge in [0.2, 0.25) is 0 Å². The number of methoxy groups -OCH3 is 1. The molecule has 3 N–H and O–H groups in total. The third-order valence-electron chi connectivity index (χ3n) is 2.34. The van der Waals surface area contributed by atoms with Crippen LogP contribution < -0.4 is 5.73 Å². The summed E-state index contributed by atoms with van der Waals surface area (Å²) < 4.78 is 5.07. The predicted octanol–water partition coefficient (Wildman–Crippen LogP) is 1.41. The average molecular weight is 229 g/mol. The molecule has 0 bridgehead atoms. The quantitative estimate of drug-likeness (QED) is 0.743. The van der Waals surface area contributed by atoms with E-state index in [2.05, 4.69) is 0 Å². The second-order valence-corrected chi connectivity index (χ2v) is 4.84. The average Bonchev–Trinajstić information content (AvgIpc) is 2.68. The van der Waals surface area contributed by atoms with Crippen molar-refractivity contribution in [3.63, 3.8) is 0 Å². The van der Waals surface area contributed by atoms with E-state index in [-0.39, 0.29) is 0 Å². The predicted molar refractivity (Wildman–Crippen MR) is 63.1 cm³/mol. The molecular weight excluding hydrogens is 210 g/mol. The Morgan fingerprint density at radius 1 is 1.60 bits per heavy atom. The molecule has 0 saturated carbocycles. The largest absolute Gasteiger partial charge is 0.387 e. The van der Waals surface area contributed by atoms with E-state index in [0.29, 0.717) is 26.0 Å². The van der Waals surface area contributed by atoms with Gasteiger partial charge in [-0.25, -0.2) is 0 Å². The molecule has 4 heteroatoms. The van der Waals surface area contributed by atoms with Gasteiger partial charge in [-0.2, -0.15) is 0 Å². The minimum atomic E-state index is -0.765. The highest BCUT2D eigenvalue weighted by Crippen LogP contribution is 2.22. The molecule has 0 spiro atoms. The molecule has 1 aromatic heterocycles. The number of aliphatic hydroxyl groups is 1. The zero-order valence-corrected chi connectivity index (χ0v) is 9.93. The Kier molecular flexibility index (Phi) is 5.25. The highest BCUT2D eigenvalue weighted by molar-refractivity contribution is 7.09. The van der Waals surface area contributed by atoms with Crippen LogP contribution in [0.25, 0.3) is 0 Å². The second kappa shape index (κ2) is 6.23. The Morgan fingerprint density at radius 3 is 2.93 bits per heavy atom. The monoisotopic (exact) mass is 229 g/mol. The van der Waals surface area contributed by atoms with Crippen LogP contribution in [0.5, 0.6) is 0 Å². The highest BCUT2D eigenvalue weighted by Gasteiger charge is 2.26. The van der Waals surface area contributed by atoms with E-state index >= 15 is 0 Å². The van der Waals surface area contributed by atoms with Crippen LogP contribution in [0.2, 0.25) is 0 Å². The molecule has 1 atom stereocenters. The van der Waals surface area contributed by atoms with Crippen molar-refractivity contribution in [2.75, 3.05) is 20.3 Å². The van der Waals surface area contributed by atoms with Crippen LogP contribution >= 0.6 is 11.3 Å². The molecular formula is C11H19NO2S. The topological polar surface area (TPSA) is 55.5 Å². The first-order chi connectivity index (χ1) is 7.20. The summed E-state index contributed by atoms with van der Waals surface area (Å²) in [5.41, 5.74) is 4.69. The van der Waals surface area contributed by atoms with Crippen LogP contribution in [0.4, 0.5) is 0 Å². The molecule has 0 aromatic carbocycles. The molecule has 0 fully saturated rings. The van der Waals surface area contributed by atoms with Crippen molar-refractivity contribution in [2.24, 2.45) is 5.73 Å². The molecule has 0 radical (unpaired) electrons. The van der Waals surface area contributed by atoms with Gasteiger partial charge < -0.3 is 15.6 Å². The lowest BCUT2D eigenvalue weighted by molar-refractivity contribution is -0.0370. The van der Waals surface area contributed by atoms with E-state index in [4.69, 9.17) is 10.5 Å². The standard InChI is InChI=1S/C11H19NO2S/c1-14-9-11(13,5-3-6-12)8-10-4-2-7-15-10/h2,4,7,13H,3,5-6,8-9,12H2,1H3. The second-order valence-electron chi connectivity index (χ2n) is 3.81. The Balaban J connectivity index is 2.55. The number of ether oxygens (including phenoxy) is 1. The first-order valence-electron chi connectivity index (χ1n) is 5.14. The van der Waals surface area contributed by atoms with E-state index in [1.54, 1.807) is 18.4 Å². The van der Waals surface area contributed by atoms with Crippen molar-refractivity contribution >= 4 is 11.3 Å². The number of hydrogen-bond acceptors (Lipinski definition) is 4. The van der Waals surface area contributed by atoms with Crippen molar-refractivity contribution in [3.05, 3.63) is 22.4 Å². The van der Waals surface area contributed by atoms with Gasteiger partial charge in [-0.1, -0.05) is 6.07 Å². The van der Waals surface area contributed by atoms with Crippen molar-refractivity contribution in [1.29, 1.82) is 0 Å².